The van der Waals surface area contributed by atoms with E-state index in [1.54, 1.807) is 18.2 Å². The summed E-state index contributed by atoms with van der Waals surface area (Å²) in [6, 6.07) is 5.23. The van der Waals surface area contributed by atoms with Gasteiger partial charge in [-0.05, 0) is 31.5 Å². The molecule has 1 heterocycles. The van der Waals surface area contributed by atoms with Crippen molar-refractivity contribution >= 4 is 23.2 Å². The Morgan fingerprint density at radius 2 is 2.13 bits per heavy atom. The number of halogens is 1. The van der Waals surface area contributed by atoms with Crippen molar-refractivity contribution in [2.45, 2.75) is 25.9 Å². The fourth-order valence-electron chi connectivity index (χ4n) is 1.64. The Kier molecular flexibility index (Phi) is 2.35. The van der Waals surface area contributed by atoms with Crippen molar-refractivity contribution in [1.29, 1.82) is 0 Å². The van der Waals surface area contributed by atoms with Crippen molar-refractivity contribution < 1.29 is 4.79 Å². The molecule has 1 atom stereocenters. The van der Waals surface area contributed by atoms with E-state index >= 15 is 0 Å². The fraction of sp³-hybridized carbons (Fsp3) is 0.364. The lowest BCUT2D eigenvalue weighted by atomic mass is 10.0. The van der Waals surface area contributed by atoms with Crippen molar-refractivity contribution in [3.63, 3.8) is 0 Å². The summed E-state index contributed by atoms with van der Waals surface area (Å²) in [4.78, 5) is 11.8. The molecular weight excluding hydrogens is 212 g/mol. The molecule has 1 aromatic carbocycles. The first kappa shape index (κ1) is 10.3. The van der Waals surface area contributed by atoms with E-state index in [0.717, 1.165) is 12.1 Å². The average Bonchev–Trinajstić information content (AvgIpc) is 2.16. The van der Waals surface area contributed by atoms with Gasteiger partial charge in [0.2, 0.25) is 0 Å². The first-order valence-corrected chi connectivity index (χ1v) is 5.32. The quantitative estimate of drug-likeness (QED) is 0.770. The molecule has 0 saturated heterocycles. The molecule has 0 bridgehead atoms. The first-order chi connectivity index (χ1) is 7.04. The third-order valence-corrected chi connectivity index (χ3v) is 2.97. The van der Waals surface area contributed by atoms with Crippen LogP contribution in [0.2, 0.25) is 5.02 Å². The Hall–Kier alpha value is -1.22. The van der Waals surface area contributed by atoms with Crippen LogP contribution in [-0.4, -0.2) is 11.6 Å². The second kappa shape index (κ2) is 3.42. The van der Waals surface area contributed by atoms with Gasteiger partial charge in [0.05, 0.1) is 11.3 Å². The molecule has 2 N–H and O–H groups in total. The Balaban J connectivity index is 2.46. The van der Waals surface area contributed by atoms with Gasteiger partial charge in [-0.15, -0.1) is 0 Å². The SMILES string of the molecule is CCC1(C)NC(=O)c2ccc(Cl)cc2N1. The van der Waals surface area contributed by atoms with Crippen LogP contribution in [-0.2, 0) is 0 Å². The second-order valence-electron chi connectivity index (χ2n) is 3.95. The molecule has 1 amide bonds. The Morgan fingerprint density at radius 3 is 2.80 bits per heavy atom. The zero-order valence-corrected chi connectivity index (χ0v) is 9.48. The number of anilines is 1. The molecule has 4 heteroatoms. The zero-order valence-electron chi connectivity index (χ0n) is 8.73. The molecule has 1 aromatic rings. The maximum absolute atomic E-state index is 11.8. The van der Waals surface area contributed by atoms with Crippen molar-refractivity contribution in [3.8, 4) is 0 Å². The molecule has 1 aliphatic heterocycles. The average molecular weight is 225 g/mol. The van der Waals surface area contributed by atoms with E-state index in [1.165, 1.54) is 0 Å². The van der Waals surface area contributed by atoms with Crippen molar-refractivity contribution in [2.75, 3.05) is 5.32 Å². The van der Waals surface area contributed by atoms with Gasteiger partial charge >= 0.3 is 0 Å². The maximum atomic E-state index is 11.8. The number of fused-ring (bicyclic) bond motifs is 1. The van der Waals surface area contributed by atoms with Gasteiger partial charge in [0.1, 0.15) is 5.66 Å². The lowest BCUT2D eigenvalue weighted by Gasteiger charge is -2.36. The smallest absolute Gasteiger partial charge is 0.255 e. The number of nitrogens with one attached hydrogen (secondary N) is 2. The number of carbonyl (C=O) groups is 1. The summed E-state index contributed by atoms with van der Waals surface area (Å²) in [5.41, 5.74) is 1.07. The third kappa shape index (κ3) is 1.79. The zero-order chi connectivity index (χ0) is 11.1. The van der Waals surface area contributed by atoms with Crippen molar-refractivity contribution in [2.24, 2.45) is 0 Å². The minimum Gasteiger partial charge on any atom is -0.362 e. The number of amides is 1. The van der Waals surface area contributed by atoms with E-state index in [1.807, 2.05) is 13.8 Å². The molecule has 15 heavy (non-hydrogen) atoms. The summed E-state index contributed by atoms with van der Waals surface area (Å²) in [5.74, 6) is -0.0511. The van der Waals surface area contributed by atoms with Gasteiger partial charge in [0.25, 0.3) is 5.91 Å². The minimum absolute atomic E-state index is 0.0511. The topological polar surface area (TPSA) is 41.1 Å². The summed E-state index contributed by atoms with van der Waals surface area (Å²) in [5, 5.41) is 6.84. The van der Waals surface area contributed by atoms with Crippen LogP contribution in [0, 0.1) is 0 Å². The lowest BCUT2D eigenvalue weighted by molar-refractivity contribution is 0.0905. The van der Waals surface area contributed by atoms with Gasteiger partial charge < -0.3 is 10.6 Å². The minimum atomic E-state index is -0.380. The lowest BCUT2D eigenvalue weighted by Crippen LogP contribution is -2.54. The predicted octanol–water partition coefficient (Wildman–Crippen LogP) is 2.62. The maximum Gasteiger partial charge on any atom is 0.255 e. The van der Waals surface area contributed by atoms with E-state index < -0.39 is 0 Å². The second-order valence-corrected chi connectivity index (χ2v) is 4.39. The number of hydrogen-bond donors (Lipinski definition) is 2. The Morgan fingerprint density at radius 1 is 1.40 bits per heavy atom. The van der Waals surface area contributed by atoms with Crippen molar-refractivity contribution in [3.05, 3.63) is 28.8 Å². The van der Waals surface area contributed by atoms with E-state index in [-0.39, 0.29) is 11.6 Å². The molecular formula is C11H13ClN2O. The highest BCUT2D eigenvalue weighted by Gasteiger charge is 2.31. The molecule has 0 radical (unpaired) electrons. The molecule has 80 valence electrons. The van der Waals surface area contributed by atoms with Gasteiger partial charge in [-0.25, -0.2) is 0 Å². The number of benzene rings is 1. The van der Waals surface area contributed by atoms with Crippen LogP contribution in [0.15, 0.2) is 18.2 Å². The Bertz CT molecular complexity index is 419. The molecule has 1 aliphatic rings. The summed E-state index contributed by atoms with van der Waals surface area (Å²) in [6.45, 7) is 3.97. The normalized spacial score (nSPS) is 24.1. The van der Waals surface area contributed by atoms with Crippen LogP contribution in [0.1, 0.15) is 30.6 Å². The molecule has 0 aliphatic carbocycles. The van der Waals surface area contributed by atoms with Gasteiger partial charge in [-0.1, -0.05) is 18.5 Å². The van der Waals surface area contributed by atoms with Crippen LogP contribution in [0.25, 0.3) is 0 Å². The fourth-order valence-corrected chi connectivity index (χ4v) is 1.81. The van der Waals surface area contributed by atoms with Crippen LogP contribution < -0.4 is 10.6 Å². The van der Waals surface area contributed by atoms with Gasteiger partial charge in [0.15, 0.2) is 0 Å². The van der Waals surface area contributed by atoms with Gasteiger partial charge in [-0.2, -0.15) is 0 Å². The largest absolute Gasteiger partial charge is 0.362 e. The third-order valence-electron chi connectivity index (χ3n) is 2.73. The molecule has 1 unspecified atom stereocenters. The van der Waals surface area contributed by atoms with Crippen LogP contribution in [0.5, 0.6) is 0 Å². The van der Waals surface area contributed by atoms with E-state index in [4.69, 9.17) is 11.6 Å². The van der Waals surface area contributed by atoms with E-state index in [9.17, 15) is 4.79 Å². The number of rotatable bonds is 1. The summed E-state index contributed by atoms with van der Waals surface area (Å²) < 4.78 is 0. The van der Waals surface area contributed by atoms with Gasteiger partial charge in [0, 0.05) is 5.02 Å². The highest BCUT2D eigenvalue weighted by Crippen LogP contribution is 2.28. The predicted molar refractivity (Wildman–Crippen MR) is 61.2 cm³/mol. The number of carbonyl (C=O) groups excluding carboxylic acids is 1. The monoisotopic (exact) mass is 224 g/mol. The summed E-state index contributed by atoms with van der Waals surface area (Å²) >= 11 is 5.89. The molecule has 0 saturated carbocycles. The summed E-state index contributed by atoms with van der Waals surface area (Å²) in [6.07, 6.45) is 0.810. The molecule has 0 fully saturated rings. The number of hydrogen-bond acceptors (Lipinski definition) is 2. The molecule has 0 aromatic heterocycles. The highest BCUT2D eigenvalue weighted by molar-refractivity contribution is 6.31. The highest BCUT2D eigenvalue weighted by atomic mass is 35.5. The molecule has 0 spiro atoms. The van der Waals surface area contributed by atoms with Crippen molar-refractivity contribution in [1.82, 2.24) is 5.32 Å². The molecule has 2 rings (SSSR count). The van der Waals surface area contributed by atoms with E-state index in [0.29, 0.717) is 10.6 Å². The summed E-state index contributed by atoms with van der Waals surface area (Å²) in [7, 11) is 0. The first-order valence-electron chi connectivity index (χ1n) is 4.94. The van der Waals surface area contributed by atoms with Crippen LogP contribution >= 0.6 is 11.6 Å². The van der Waals surface area contributed by atoms with Crippen LogP contribution in [0.4, 0.5) is 5.69 Å². The van der Waals surface area contributed by atoms with Crippen LogP contribution in [0.3, 0.4) is 0 Å². The standard InChI is InChI=1S/C11H13ClN2O/c1-3-11(2)13-9-6-7(12)4-5-8(9)10(15)14-11/h4-6,13H,3H2,1-2H3,(H,14,15). The van der Waals surface area contributed by atoms with E-state index in [2.05, 4.69) is 10.6 Å². The van der Waals surface area contributed by atoms with Gasteiger partial charge in [-0.3, -0.25) is 4.79 Å². The molecule has 3 nitrogen and oxygen atoms in total. The Labute approximate surface area is 93.8 Å².